The third-order valence-electron chi connectivity index (χ3n) is 6.53. The summed E-state index contributed by atoms with van der Waals surface area (Å²) in [5.41, 5.74) is 0.668. The molecular weight excluding hydrogens is 561 g/mol. The van der Waals surface area contributed by atoms with E-state index in [0.717, 1.165) is 22.6 Å². The highest BCUT2D eigenvalue weighted by Crippen LogP contribution is 2.32. The van der Waals surface area contributed by atoms with Gasteiger partial charge in [-0.2, -0.15) is 5.06 Å². The zero-order valence-corrected chi connectivity index (χ0v) is 22.8. The minimum absolute atomic E-state index is 0.0618. The van der Waals surface area contributed by atoms with Crippen molar-refractivity contribution < 1.29 is 33.1 Å². The second-order valence-electron chi connectivity index (χ2n) is 9.37. The first-order valence-electron chi connectivity index (χ1n) is 12.6. The molecule has 208 valence electrons. The summed E-state index contributed by atoms with van der Waals surface area (Å²) < 4.78 is 21.6. The van der Waals surface area contributed by atoms with E-state index in [1.807, 2.05) is 24.3 Å². The molecule has 0 aliphatic carbocycles. The number of aryl methyl sites for hydroxylation is 1. The first kappa shape index (κ1) is 27.9. The number of carboxylic acids is 1. The lowest BCUT2D eigenvalue weighted by Crippen LogP contribution is -2.27. The number of oxazole rings is 1. The van der Waals surface area contributed by atoms with Crippen LogP contribution < -0.4 is 5.32 Å². The Hall–Kier alpha value is -3.64. The number of anilines is 1. The van der Waals surface area contributed by atoms with Crippen LogP contribution >= 0.6 is 22.9 Å². The average molecular weight is 586 g/mol. The number of nitrogens with zero attached hydrogens (tertiary/aromatic N) is 2. The summed E-state index contributed by atoms with van der Waals surface area (Å²) >= 11 is 7.78. The zero-order valence-electron chi connectivity index (χ0n) is 21.2. The van der Waals surface area contributed by atoms with Crippen molar-refractivity contribution in [2.45, 2.75) is 38.1 Å². The maximum Gasteiger partial charge on any atom is 0.303 e. The molecule has 1 aliphatic rings. The molecule has 1 atom stereocenters. The summed E-state index contributed by atoms with van der Waals surface area (Å²) in [7, 11) is 0. The topological polar surface area (TPSA) is 122 Å². The number of thiophene rings is 1. The van der Waals surface area contributed by atoms with Gasteiger partial charge in [-0.1, -0.05) is 29.8 Å². The summed E-state index contributed by atoms with van der Waals surface area (Å²) in [6.45, 7) is 0.267. The van der Waals surface area contributed by atoms with Crippen molar-refractivity contribution in [2.24, 2.45) is 0 Å². The van der Waals surface area contributed by atoms with Crippen LogP contribution in [-0.2, 0) is 27.3 Å². The van der Waals surface area contributed by atoms with Crippen LogP contribution in [0.3, 0.4) is 0 Å². The van der Waals surface area contributed by atoms with Gasteiger partial charge in [-0.3, -0.25) is 19.2 Å². The van der Waals surface area contributed by atoms with Gasteiger partial charge in [0, 0.05) is 34.9 Å². The number of amides is 1. The van der Waals surface area contributed by atoms with Gasteiger partial charge in [-0.25, -0.2) is 9.37 Å². The molecule has 0 radical (unpaired) electrons. The number of carbonyl (C=O) groups is 3. The smallest absolute Gasteiger partial charge is 0.303 e. The Morgan fingerprint density at radius 1 is 1.27 bits per heavy atom. The van der Waals surface area contributed by atoms with Crippen molar-refractivity contribution in [3.63, 3.8) is 0 Å². The molecule has 40 heavy (non-hydrogen) atoms. The van der Waals surface area contributed by atoms with Crippen LogP contribution in [0.25, 0.3) is 10.1 Å². The largest absolute Gasteiger partial charge is 0.481 e. The van der Waals surface area contributed by atoms with Gasteiger partial charge >= 0.3 is 5.97 Å². The number of ketones is 1. The molecule has 4 aromatic rings. The summed E-state index contributed by atoms with van der Waals surface area (Å²) in [5.74, 6) is -1.50. The number of nitrogens with one attached hydrogen (secondary N) is 1. The SMILES string of the molecule is O=C(O)CCc1cnc([C@@H]2CCCN2OCC(=O)Cc2cc(Cl)c(NC(=O)c3csc4ccccc34)cc2F)o1. The van der Waals surface area contributed by atoms with Crippen molar-refractivity contribution in [1.29, 1.82) is 0 Å². The molecule has 12 heteroatoms. The first-order chi connectivity index (χ1) is 19.3. The minimum Gasteiger partial charge on any atom is -0.481 e. The Labute approximate surface area is 237 Å². The van der Waals surface area contributed by atoms with E-state index >= 15 is 0 Å². The fourth-order valence-electron chi connectivity index (χ4n) is 4.54. The number of hydrogen-bond acceptors (Lipinski definition) is 8. The highest BCUT2D eigenvalue weighted by atomic mass is 35.5. The highest BCUT2D eigenvalue weighted by molar-refractivity contribution is 7.17. The number of aliphatic carboxylic acids is 1. The second kappa shape index (κ2) is 12.3. The normalized spacial score (nSPS) is 15.5. The van der Waals surface area contributed by atoms with Crippen molar-refractivity contribution in [3.8, 4) is 0 Å². The van der Waals surface area contributed by atoms with Crippen LogP contribution in [0.2, 0.25) is 5.02 Å². The van der Waals surface area contributed by atoms with Crippen LogP contribution in [0.4, 0.5) is 10.1 Å². The third kappa shape index (κ3) is 6.39. The second-order valence-corrected chi connectivity index (χ2v) is 10.7. The molecule has 0 bridgehead atoms. The predicted molar refractivity (Wildman–Crippen MR) is 147 cm³/mol. The lowest BCUT2D eigenvalue weighted by molar-refractivity contribution is -0.179. The Morgan fingerprint density at radius 2 is 2.10 bits per heavy atom. The van der Waals surface area contributed by atoms with Gasteiger partial charge in [0.05, 0.1) is 28.9 Å². The van der Waals surface area contributed by atoms with Gasteiger partial charge in [-0.15, -0.1) is 11.3 Å². The number of hydroxylamine groups is 2. The fourth-order valence-corrected chi connectivity index (χ4v) is 5.72. The van der Waals surface area contributed by atoms with Crippen molar-refractivity contribution in [3.05, 3.63) is 81.6 Å². The van der Waals surface area contributed by atoms with E-state index in [0.29, 0.717) is 30.2 Å². The monoisotopic (exact) mass is 585 g/mol. The third-order valence-corrected chi connectivity index (χ3v) is 7.81. The number of halogens is 2. The van der Waals surface area contributed by atoms with Gasteiger partial charge in [0.1, 0.15) is 24.2 Å². The quantitative estimate of drug-likeness (QED) is 0.225. The molecule has 1 saturated heterocycles. The highest BCUT2D eigenvalue weighted by Gasteiger charge is 2.31. The molecule has 1 amide bonds. The van der Waals surface area contributed by atoms with Crippen molar-refractivity contribution >= 4 is 56.4 Å². The number of aromatic nitrogens is 1. The van der Waals surface area contributed by atoms with E-state index in [4.69, 9.17) is 26.0 Å². The fraction of sp³-hybridized carbons (Fsp3) is 0.286. The van der Waals surface area contributed by atoms with E-state index in [9.17, 15) is 18.8 Å². The van der Waals surface area contributed by atoms with Crippen LogP contribution in [0.5, 0.6) is 0 Å². The van der Waals surface area contributed by atoms with E-state index in [-0.39, 0.29) is 54.0 Å². The van der Waals surface area contributed by atoms with E-state index in [1.165, 1.54) is 23.6 Å². The molecule has 5 rings (SSSR count). The lowest BCUT2D eigenvalue weighted by atomic mass is 10.1. The Kier molecular flexibility index (Phi) is 8.55. The van der Waals surface area contributed by atoms with Gasteiger partial charge < -0.3 is 14.8 Å². The number of rotatable bonds is 11. The first-order valence-corrected chi connectivity index (χ1v) is 13.9. The number of carbonyl (C=O) groups excluding carboxylic acids is 2. The molecule has 2 N–H and O–H groups in total. The molecule has 1 fully saturated rings. The summed E-state index contributed by atoms with van der Waals surface area (Å²) in [6, 6.07) is 9.62. The predicted octanol–water partition coefficient (Wildman–Crippen LogP) is 5.83. The van der Waals surface area contributed by atoms with Crippen molar-refractivity contribution in [2.75, 3.05) is 18.5 Å². The molecule has 0 spiro atoms. The van der Waals surface area contributed by atoms with Crippen molar-refractivity contribution in [1.82, 2.24) is 10.0 Å². The van der Waals surface area contributed by atoms with Gasteiger partial charge in [0.25, 0.3) is 5.91 Å². The molecule has 3 heterocycles. The summed E-state index contributed by atoms with van der Waals surface area (Å²) in [5, 5.41) is 15.8. The maximum atomic E-state index is 14.9. The van der Waals surface area contributed by atoms with Crippen LogP contribution in [0, 0.1) is 5.82 Å². The molecule has 2 aromatic heterocycles. The summed E-state index contributed by atoms with van der Waals surface area (Å²) in [4.78, 5) is 46.2. The average Bonchev–Trinajstić information content (AvgIpc) is 3.68. The molecule has 1 aliphatic heterocycles. The number of carboxylic acid groups (broad SMARTS) is 1. The molecular formula is C28H25ClFN3O6S. The Morgan fingerprint density at radius 3 is 2.92 bits per heavy atom. The van der Waals surface area contributed by atoms with Crippen LogP contribution in [-0.4, -0.2) is 46.0 Å². The van der Waals surface area contributed by atoms with Gasteiger partial charge in [0.2, 0.25) is 5.89 Å². The molecule has 0 saturated carbocycles. The molecule has 9 nitrogen and oxygen atoms in total. The number of fused-ring (bicyclic) bond motifs is 1. The molecule has 0 unspecified atom stereocenters. The standard InChI is InChI=1S/C28H25ClFN3O6S/c29-21-11-16(22(30)12-23(21)32-27(37)20-15-40-25-6-2-1-4-19(20)25)10-17(34)14-38-33-9-3-5-24(33)28-31-13-18(39-28)7-8-26(35)36/h1-2,4,6,11-13,15,24H,3,5,7-10,14H2,(H,32,37)(H,35,36)/t24-/m0/s1. The van der Waals surface area contributed by atoms with Crippen LogP contribution in [0.1, 0.15) is 52.9 Å². The Balaban J connectivity index is 1.17. The van der Waals surface area contributed by atoms with Crippen LogP contribution in [0.15, 0.2) is 52.4 Å². The Bertz CT molecular complexity index is 1570. The number of benzene rings is 2. The van der Waals surface area contributed by atoms with Gasteiger partial charge in [-0.05, 0) is 36.6 Å². The van der Waals surface area contributed by atoms with E-state index in [2.05, 4.69) is 10.3 Å². The minimum atomic E-state index is -0.925. The molecule has 2 aromatic carbocycles. The lowest BCUT2D eigenvalue weighted by Gasteiger charge is -2.21. The number of Topliss-reactive ketones (excluding diaryl/α,β-unsaturated/α-hetero) is 1. The van der Waals surface area contributed by atoms with Gasteiger partial charge in [0.15, 0.2) is 5.78 Å². The maximum absolute atomic E-state index is 14.9. The zero-order chi connectivity index (χ0) is 28.2. The van der Waals surface area contributed by atoms with E-state index in [1.54, 1.807) is 10.4 Å². The summed E-state index contributed by atoms with van der Waals surface area (Å²) in [6.07, 6.45) is 2.92. The van der Waals surface area contributed by atoms with E-state index < -0.39 is 17.7 Å². The number of hydrogen-bond donors (Lipinski definition) is 2.